The van der Waals surface area contributed by atoms with Crippen molar-refractivity contribution in [3.63, 3.8) is 0 Å². The second-order valence-electron chi connectivity index (χ2n) is 15.9. The Morgan fingerprint density at radius 3 is 2.22 bits per heavy atom. The van der Waals surface area contributed by atoms with Crippen LogP contribution in [0.3, 0.4) is 0 Å². The SMILES string of the molecule is Cc1ccc(Nc2nc3c(=O)[nH]c(NC(=O)C(C)C)nc3n2[C@H]2C[C@H](O[Si](C)(C)C(C)(C)C)[C@@H](CO[Si](C)(C)C(C)(C)C)O2)cc1. The summed E-state index contributed by atoms with van der Waals surface area (Å²) in [7, 11) is -4.29. The Balaban J connectivity index is 1.81. The largest absolute Gasteiger partial charge is 0.414 e. The molecule has 1 aliphatic rings. The number of hydrogen-bond acceptors (Lipinski definition) is 8. The number of fused-ring (bicyclic) bond motifs is 1. The lowest BCUT2D eigenvalue weighted by molar-refractivity contribution is -0.118. The van der Waals surface area contributed by atoms with Gasteiger partial charge in [-0.05, 0) is 55.3 Å². The van der Waals surface area contributed by atoms with E-state index in [1.165, 1.54) is 0 Å². The Hall–Kier alpha value is -2.85. The molecule has 2 aromatic heterocycles. The number of aromatic nitrogens is 4. The van der Waals surface area contributed by atoms with Crippen molar-refractivity contribution in [2.75, 3.05) is 17.2 Å². The lowest BCUT2D eigenvalue weighted by atomic mass is 10.2. The molecule has 3 N–H and O–H groups in total. The normalized spacial score (nSPS) is 19.7. The summed E-state index contributed by atoms with van der Waals surface area (Å²) < 4.78 is 22.4. The number of amides is 1. The number of benzene rings is 1. The summed E-state index contributed by atoms with van der Waals surface area (Å²) >= 11 is 0. The minimum Gasteiger partial charge on any atom is -0.414 e. The Labute approximate surface area is 275 Å². The van der Waals surface area contributed by atoms with Gasteiger partial charge in [-0.3, -0.25) is 24.5 Å². The smallest absolute Gasteiger partial charge is 0.280 e. The molecular formula is C33H54N6O5Si2. The molecule has 1 amide bonds. The van der Waals surface area contributed by atoms with Gasteiger partial charge < -0.3 is 18.9 Å². The number of carbonyl (C=O) groups is 1. The maximum Gasteiger partial charge on any atom is 0.280 e. The van der Waals surface area contributed by atoms with E-state index in [9.17, 15) is 9.59 Å². The van der Waals surface area contributed by atoms with Crippen molar-refractivity contribution in [2.45, 2.75) is 123 Å². The molecule has 1 aromatic carbocycles. The van der Waals surface area contributed by atoms with Crippen molar-refractivity contribution in [3.8, 4) is 0 Å². The third-order valence-electron chi connectivity index (χ3n) is 9.76. The number of aromatic amines is 1. The number of hydrogen-bond donors (Lipinski definition) is 3. The van der Waals surface area contributed by atoms with E-state index < -0.39 is 28.4 Å². The van der Waals surface area contributed by atoms with Crippen LogP contribution in [0.15, 0.2) is 29.1 Å². The first-order valence-electron chi connectivity index (χ1n) is 16.2. The van der Waals surface area contributed by atoms with Crippen LogP contribution in [0.2, 0.25) is 36.3 Å². The van der Waals surface area contributed by atoms with Crippen LogP contribution < -0.4 is 16.2 Å². The molecule has 4 rings (SSSR count). The average Bonchev–Trinajstić information content (AvgIpc) is 3.47. The summed E-state index contributed by atoms with van der Waals surface area (Å²) in [6.45, 7) is 28.3. The standard InChI is InChI=1S/C33H54N6O5Si2/c1-20(2)28(40)37-30-36-27-26(29(41)38-30)35-31(34-22-16-14-21(3)15-17-22)39(27)25-18-23(44-46(12,13)33(7,8)9)24(43-25)19-42-45(10,11)32(4,5)6/h14-17,20,23-25H,18-19H2,1-13H3,(H,34,35)(H2,36,37,38,40,41)/t23-,24+,25+/m0/s1. The van der Waals surface area contributed by atoms with Gasteiger partial charge in [-0.15, -0.1) is 0 Å². The molecule has 0 aliphatic carbocycles. The molecule has 3 aromatic rings. The molecule has 3 heterocycles. The Morgan fingerprint density at radius 2 is 1.65 bits per heavy atom. The number of aryl methyl sites for hydroxylation is 1. The topological polar surface area (TPSA) is 132 Å². The fourth-order valence-electron chi connectivity index (χ4n) is 4.63. The summed E-state index contributed by atoms with van der Waals surface area (Å²) in [5.74, 6) is -0.0811. The van der Waals surface area contributed by atoms with Crippen LogP contribution in [0, 0.1) is 12.8 Å². The van der Waals surface area contributed by atoms with Crippen LogP contribution in [0.25, 0.3) is 11.2 Å². The highest BCUT2D eigenvalue weighted by atomic mass is 28.4. The van der Waals surface area contributed by atoms with E-state index >= 15 is 0 Å². The van der Waals surface area contributed by atoms with Gasteiger partial charge in [0.1, 0.15) is 12.3 Å². The van der Waals surface area contributed by atoms with Crippen molar-refractivity contribution < 1.29 is 18.4 Å². The Bertz CT molecular complexity index is 1600. The number of nitrogens with one attached hydrogen (secondary N) is 3. The van der Waals surface area contributed by atoms with Crippen molar-refractivity contribution in [1.29, 1.82) is 0 Å². The molecule has 3 atom stereocenters. The number of imidazole rings is 1. The number of ether oxygens (including phenoxy) is 1. The van der Waals surface area contributed by atoms with Crippen molar-refractivity contribution >= 4 is 51.3 Å². The van der Waals surface area contributed by atoms with Crippen molar-refractivity contribution in [2.24, 2.45) is 5.92 Å². The van der Waals surface area contributed by atoms with Gasteiger partial charge in [-0.1, -0.05) is 73.1 Å². The van der Waals surface area contributed by atoms with Gasteiger partial charge in [0.25, 0.3) is 5.56 Å². The number of nitrogens with zero attached hydrogens (tertiary/aromatic N) is 3. The van der Waals surface area contributed by atoms with Crippen molar-refractivity contribution in [1.82, 2.24) is 19.5 Å². The van der Waals surface area contributed by atoms with E-state index in [0.717, 1.165) is 11.3 Å². The van der Waals surface area contributed by atoms with Gasteiger partial charge in [0, 0.05) is 18.0 Å². The molecule has 0 unspecified atom stereocenters. The predicted molar refractivity (Wildman–Crippen MR) is 190 cm³/mol. The molecule has 0 saturated carbocycles. The minimum atomic E-state index is -2.20. The van der Waals surface area contributed by atoms with Gasteiger partial charge in [-0.2, -0.15) is 4.98 Å². The monoisotopic (exact) mass is 670 g/mol. The number of rotatable bonds is 10. The van der Waals surface area contributed by atoms with Crippen LogP contribution in [-0.4, -0.2) is 60.9 Å². The molecule has 13 heteroatoms. The van der Waals surface area contributed by atoms with E-state index in [1.807, 2.05) is 35.8 Å². The van der Waals surface area contributed by atoms with E-state index in [4.69, 9.17) is 23.6 Å². The van der Waals surface area contributed by atoms with Gasteiger partial charge >= 0.3 is 0 Å². The van der Waals surface area contributed by atoms with Crippen LogP contribution in [0.1, 0.15) is 73.6 Å². The molecule has 0 radical (unpaired) electrons. The third kappa shape index (κ3) is 7.81. The lowest BCUT2D eigenvalue weighted by Gasteiger charge is -2.40. The zero-order valence-corrected chi connectivity index (χ0v) is 31.9. The summed E-state index contributed by atoms with van der Waals surface area (Å²) in [5.41, 5.74) is 1.91. The van der Waals surface area contributed by atoms with Gasteiger partial charge in [0.2, 0.25) is 17.8 Å². The van der Waals surface area contributed by atoms with Crippen LogP contribution in [0.4, 0.5) is 17.6 Å². The fourth-order valence-corrected chi connectivity index (χ4v) is 7.00. The number of anilines is 3. The molecule has 1 fully saturated rings. The lowest BCUT2D eigenvalue weighted by Crippen LogP contribution is -2.48. The summed E-state index contributed by atoms with van der Waals surface area (Å²) in [6, 6.07) is 7.92. The predicted octanol–water partition coefficient (Wildman–Crippen LogP) is 7.47. The fraction of sp³-hybridized carbons (Fsp3) is 0.636. The first-order valence-corrected chi connectivity index (χ1v) is 22.1. The highest BCUT2D eigenvalue weighted by Crippen LogP contribution is 2.43. The summed E-state index contributed by atoms with van der Waals surface area (Å²) in [6.07, 6.45) is -0.653. The molecule has 11 nitrogen and oxygen atoms in total. The van der Waals surface area contributed by atoms with Gasteiger partial charge in [0.05, 0.1) is 12.7 Å². The Kier molecular flexibility index (Phi) is 10.2. The molecular weight excluding hydrogens is 617 g/mol. The van der Waals surface area contributed by atoms with Crippen LogP contribution >= 0.6 is 0 Å². The maximum atomic E-state index is 13.3. The van der Waals surface area contributed by atoms with Crippen molar-refractivity contribution in [3.05, 3.63) is 40.2 Å². The zero-order chi connectivity index (χ0) is 34.4. The molecule has 0 spiro atoms. The van der Waals surface area contributed by atoms with E-state index in [1.54, 1.807) is 13.8 Å². The highest BCUT2D eigenvalue weighted by Gasteiger charge is 2.47. The number of H-pyrrole nitrogens is 1. The quantitative estimate of drug-likeness (QED) is 0.189. The average molecular weight is 671 g/mol. The maximum absolute atomic E-state index is 13.3. The zero-order valence-electron chi connectivity index (χ0n) is 29.9. The van der Waals surface area contributed by atoms with Gasteiger partial charge in [0.15, 0.2) is 27.8 Å². The first kappa shape index (κ1) is 36.0. The first-order chi connectivity index (χ1) is 21.1. The minimum absolute atomic E-state index is 0.00580. The number of carbonyl (C=O) groups excluding carboxylic acids is 1. The second-order valence-corrected chi connectivity index (χ2v) is 25.4. The van der Waals surface area contributed by atoms with E-state index in [2.05, 4.69) is 83.3 Å². The second kappa shape index (κ2) is 13.0. The van der Waals surface area contributed by atoms with Gasteiger partial charge in [-0.25, -0.2) is 4.98 Å². The molecule has 46 heavy (non-hydrogen) atoms. The van der Waals surface area contributed by atoms with E-state index in [0.29, 0.717) is 24.6 Å². The molecule has 1 saturated heterocycles. The molecule has 254 valence electrons. The van der Waals surface area contributed by atoms with Crippen LogP contribution in [-0.2, 0) is 18.4 Å². The van der Waals surface area contributed by atoms with E-state index in [-0.39, 0.29) is 45.6 Å². The van der Waals surface area contributed by atoms with Crippen LogP contribution in [0.5, 0.6) is 0 Å². The molecule has 0 bridgehead atoms. The molecule has 1 aliphatic heterocycles. The summed E-state index contributed by atoms with van der Waals surface area (Å²) in [4.78, 5) is 38.0. The highest BCUT2D eigenvalue weighted by molar-refractivity contribution is 6.74. The third-order valence-corrected chi connectivity index (χ3v) is 18.8. The summed E-state index contributed by atoms with van der Waals surface area (Å²) in [5, 5.41) is 6.15. The Morgan fingerprint density at radius 1 is 1.04 bits per heavy atom.